The van der Waals surface area contributed by atoms with Crippen LogP contribution >= 0.6 is 27.3 Å². The molecule has 0 unspecified atom stereocenters. The smallest absolute Gasteiger partial charge is 0.338 e. The molecule has 6 rings (SSSR count). The first kappa shape index (κ1) is 31.5. The Labute approximate surface area is 280 Å². The van der Waals surface area contributed by atoms with Gasteiger partial charge < -0.3 is 9.47 Å². The normalized spacial score (nSPS) is 14.6. The minimum absolute atomic E-state index is 0.205. The number of hydrogen-bond acceptors (Lipinski definition) is 6. The van der Waals surface area contributed by atoms with Crippen LogP contribution < -0.4 is 19.6 Å². The Morgan fingerprint density at radius 2 is 1.65 bits per heavy atom. The van der Waals surface area contributed by atoms with E-state index >= 15 is 0 Å². The van der Waals surface area contributed by atoms with Gasteiger partial charge in [-0.3, -0.25) is 9.36 Å². The summed E-state index contributed by atoms with van der Waals surface area (Å²) in [7, 11) is 0. The van der Waals surface area contributed by atoms with Gasteiger partial charge in [0.05, 0.1) is 28.5 Å². The fourth-order valence-corrected chi connectivity index (χ4v) is 6.64. The molecule has 8 heteroatoms. The second kappa shape index (κ2) is 13.8. The lowest BCUT2D eigenvalue weighted by Gasteiger charge is -2.26. The van der Waals surface area contributed by atoms with Crippen LogP contribution in [-0.2, 0) is 16.1 Å². The number of thiazole rings is 1. The maximum absolute atomic E-state index is 14.2. The third-order valence-electron chi connectivity index (χ3n) is 7.79. The number of aromatic nitrogens is 1. The highest BCUT2D eigenvalue weighted by Crippen LogP contribution is 2.35. The molecular weight excluding hydrogens is 660 g/mol. The van der Waals surface area contributed by atoms with Crippen LogP contribution in [0.15, 0.2) is 123 Å². The molecular formula is C38H33BrN2O4S. The number of rotatable bonds is 9. The number of esters is 1. The van der Waals surface area contributed by atoms with E-state index in [1.54, 1.807) is 11.5 Å². The van der Waals surface area contributed by atoms with Crippen molar-refractivity contribution < 1.29 is 14.3 Å². The van der Waals surface area contributed by atoms with E-state index in [0.29, 0.717) is 33.1 Å². The minimum atomic E-state index is -0.705. The van der Waals surface area contributed by atoms with Crippen LogP contribution in [0.25, 0.3) is 11.8 Å². The summed E-state index contributed by atoms with van der Waals surface area (Å²) in [6, 6.07) is 32.6. The van der Waals surface area contributed by atoms with Crippen LogP contribution in [0.2, 0.25) is 0 Å². The Bertz CT molecular complexity index is 2060. The van der Waals surface area contributed by atoms with Crippen molar-refractivity contribution in [1.82, 2.24) is 4.57 Å². The van der Waals surface area contributed by atoms with E-state index < -0.39 is 12.0 Å². The van der Waals surface area contributed by atoms with Gasteiger partial charge in [0.1, 0.15) is 12.4 Å². The topological polar surface area (TPSA) is 69.9 Å². The maximum atomic E-state index is 14.2. The summed E-state index contributed by atoms with van der Waals surface area (Å²) in [6.45, 7) is 6.71. The monoisotopic (exact) mass is 692 g/mol. The van der Waals surface area contributed by atoms with E-state index in [-0.39, 0.29) is 12.2 Å². The van der Waals surface area contributed by atoms with Crippen LogP contribution in [0.1, 0.15) is 60.5 Å². The first-order valence-electron chi connectivity index (χ1n) is 15.2. The fourth-order valence-electron chi connectivity index (χ4n) is 5.38. The quantitative estimate of drug-likeness (QED) is 0.151. The minimum Gasteiger partial charge on any atom is -0.489 e. The van der Waals surface area contributed by atoms with Gasteiger partial charge in [-0.2, -0.15) is 0 Å². The van der Waals surface area contributed by atoms with Gasteiger partial charge in [-0.05, 0) is 65.4 Å². The molecule has 0 bridgehead atoms. The number of hydrogen-bond donors (Lipinski definition) is 0. The highest BCUT2D eigenvalue weighted by Gasteiger charge is 2.35. The molecule has 46 heavy (non-hydrogen) atoms. The summed E-state index contributed by atoms with van der Waals surface area (Å²) in [5, 5.41) is 0. The van der Waals surface area contributed by atoms with Gasteiger partial charge in [-0.15, -0.1) is 0 Å². The molecule has 4 aromatic carbocycles. The van der Waals surface area contributed by atoms with Gasteiger partial charge in [-0.25, -0.2) is 9.79 Å². The molecule has 0 fully saturated rings. The van der Waals surface area contributed by atoms with Gasteiger partial charge in [0.25, 0.3) is 5.56 Å². The molecule has 1 aromatic heterocycles. The van der Waals surface area contributed by atoms with E-state index in [1.165, 1.54) is 16.9 Å². The van der Waals surface area contributed by atoms with Crippen molar-refractivity contribution in [3.05, 3.63) is 161 Å². The zero-order valence-corrected chi connectivity index (χ0v) is 28.2. The standard InChI is InChI=1S/C38H33BrN2O4S/c1-4-44-37(43)33-34(28-8-6-5-7-9-28)40-38-41(35(33)29-16-14-27(15-17-29)24(2)3)36(42)32(46-38)22-25-12-20-31(21-13-25)45-23-26-10-18-30(39)19-11-26/h5-22,24,35H,4,23H2,1-3H3/b32-22-/t35-/m0/s1. The number of benzene rings is 4. The molecule has 2 heterocycles. The van der Waals surface area contributed by atoms with E-state index in [2.05, 4.69) is 41.9 Å². The second-order valence-electron chi connectivity index (χ2n) is 11.2. The summed E-state index contributed by atoms with van der Waals surface area (Å²) in [5.41, 5.74) is 5.33. The van der Waals surface area contributed by atoms with Crippen molar-refractivity contribution in [1.29, 1.82) is 0 Å². The summed E-state index contributed by atoms with van der Waals surface area (Å²) in [4.78, 5) is 33.3. The number of fused-ring (bicyclic) bond motifs is 1. The van der Waals surface area contributed by atoms with Crippen molar-refractivity contribution in [3.63, 3.8) is 0 Å². The Kier molecular flexibility index (Phi) is 9.47. The number of halogens is 1. The summed E-state index contributed by atoms with van der Waals surface area (Å²) < 4.78 is 14.7. The summed E-state index contributed by atoms with van der Waals surface area (Å²) in [5.74, 6) is 0.586. The van der Waals surface area contributed by atoms with Gasteiger partial charge in [0.15, 0.2) is 4.80 Å². The SMILES string of the molecule is CCOC(=O)C1=C(c2ccccc2)N=c2s/c(=C\c3ccc(OCc4ccc(Br)cc4)cc3)c(=O)n2[C@H]1c1ccc(C(C)C)cc1. The predicted octanol–water partition coefficient (Wildman–Crippen LogP) is 7.40. The average Bonchev–Trinajstić information content (AvgIpc) is 3.38. The van der Waals surface area contributed by atoms with Crippen LogP contribution in [0.5, 0.6) is 5.75 Å². The average molecular weight is 694 g/mol. The van der Waals surface area contributed by atoms with Gasteiger partial charge in [0, 0.05) is 10.0 Å². The maximum Gasteiger partial charge on any atom is 0.338 e. The molecule has 1 atom stereocenters. The number of nitrogens with zero attached hydrogens (tertiary/aromatic N) is 2. The molecule has 0 radical (unpaired) electrons. The molecule has 1 aliphatic heterocycles. The lowest BCUT2D eigenvalue weighted by molar-refractivity contribution is -0.138. The highest BCUT2D eigenvalue weighted by atomic mass is 79.9. The second-order valence-corrected chi connectivity index (χ2v) is 13.2. The molecule has 0 saturated carbocycles. The number of carbonyl (C=O) groups excluding carboxylic acids is 1. The zero-order valence-electron chi connectivity index (χ0n) is 25.8. The van der Waals surface area contributed by atoms with Crippen molar-refractivity contribution in [2.24, 2.45) is 4.99 Å². The lowest BCUT2D eigenvalue weighted by atomic mass is 9.91. The number of ether oxygens (including phenoxy) is 2. The molecule has 0 saturated heterocycles. The van der Waals surface area contributed by atoms with Crippen LogP contribution in [0.4, 0.5) is 0 Å². The first-order chi connectivity index (χ1) is 22.3. The predicted molar refractivity (Wildman–Crippen MR) is 187 cm³/mol. The third kappa shape index (κ3) is 6.69. The Balaban J connectivity index is 1.43. The summed E-state index contributed by atoms with van der Waals surface area (Å²) >= 11 is 4.76. The molecule has 0 N–H and O–H groups in total. The molecule has 5 aromatic rings. The lowest BCUT2D eigenvalue weighted by Crippen LogP contribution is -2.40. The molecule has 0 aliphatic carbocycles. The van der Waals surface area contributed by atoms with Crippen LogP contribution in [0.3, 0.4) is 0 Å². The third-order valence-corrected chi connectivity index (χ3v) is 9.30. The Morgan fingerprint density at radius 1 is 0.957 bits per heavy atom. The number of carbonyl (C=O) groups is 1. The van der Waals surface area contributed by atoms with E-state index in [1.807, 2.05) is 97.1 Å². The summed E-state index contributed by atoms with van der Waals surface area (Å²) in [6.07, 6.45) is 1.86. The fraction of sp³-hybridized carbons (Fsp3) is 0.184. The highest BCUT2D eigenvalue weighted by molar-refractivity contribution is 9.10. The van der Waals surface area contributed by atoms with E-state index in [9.17, 15) is 9.59 Å². The Hall–Kier alpha value is -4.53. The molecule has 0 spiro atoms. The molecule has 232 valence electrons. The zero-order chi connectivity index (χ0) is 32.2. The largest absolute Gasteiger partial charge is 0.489 e. The van der Waals surface area contributed by atoms with E-state index in [4.69, 9.17) is 14.5 Å². The Morgan fingerprint density at radius 3 is 2.30 bits per heavy atom. The van der Waals surface area contributed by atoms with Crippen molar-refractivity contribution >= 4 is 45.0 Å². The van der Waals surface area contributed by atoms with Crippen molar-refractivity contribution in [2.45, 2.75) is 39.3 Å². The first-order valence-corrected chi connectivity index (χ1v) is 16.8. The van der Waals surface area contributed by atoms with E-state index in [0.717, 1.165) is 32.5 Å². The van der Waals surface area contributed by atoms with Crippen LogP contribution in [0, 0.1) is 0 Å². The van der Waals surface area contributed by atoms with Crippen molar-refractivity contribution in [2.75, 3.05) is 6.61 Å². The van der Waals surface area contributed by atoms with Gasteiger partial charge in [-0.1, -0.05) is 120 Å². The molecule has 0 amide bonds. The van der Waals surface area contributed by atoms with Gasteiger partial charge in [0.2, 0.25) is 0 Å². The molecule has 6 nitrogen and oxygen atoms in total. The van der Waals surface area contributed by atoms with Crippen LogP contribution in [-0.4, -0.2) is 17.1 Å². The van der Waals surface area contributed by atoms with Gasteiger partial charge >= 0.3 is 5.97 Å². The van der Waals surface area contributed by atoms with Crippen molar-refractivity contribution in [3.8, 4) is 5.75 Å². The molecule has 1 aliphatic rings.